The summed E-state index contributed by atoms with van der Waals surface area (Å²) in [5.41, 5.74) is 7.62. The van der Waals surface area contributed by atoms with Crippen molar-refractivity contribution in [2.75, 3.05) is 13.1 Å². The molecule has 2 N–H and O–H groups in total. The largest absolute Gasteiger partial charge is 0.387 e. The minimum atomic E-state index is 0.0256. The van der Waals surface area contributed by atoms with Crippen LogP contribution in [-0.2, 0) is 4.79 Å². The number of rotatable bonds is 5. The van der Waals surface area contributed by atoms with E-state index < -0.39 is 0 Å². The monoisotopic (exact) mass is 261 g/mol. The first kappa shape index (κ1) is 15.2. The van der Waals surface area contributed by atoms with Gasteiger partial charge < -0.3 is 10.6 Å². The molecule has 0 radical (unpaired) electrons. The van der Waals surface area contributed by atoms with Crippen molar-refractivity contribution in [2.24, 2.45) is 10.7 Å². The molecule has 0 fully saturated rings. The van der Waals surface area contributed by atoms with E-state index >= 15 is 0 Å². The highest BCUT2D eigenvalue weighted by molar-refractivity contribution is 6.01. The molecule has 0 aromatic rings. The lowest BCUT2D eigenvalue weighted by molar-refractivity contribution is -0.127. The molecule has 0 spiro atoms. The van der Waals surface area contributed by atoms with Crippen LogP contribution in [0.4, 0.5) is 0 Å². The molecule has 4 nitrogen and oxygen atoms in total. The maximum Gasteiger partial charge on any atom is 0.250 e. The fourth-order valence-electron chi connectivity index (χ4n) is 2.02. The van der Waals surface area contributed by atoms with Crippen LogP contribution in [0.2, 0.25) is 0 Å². The van der Waals surface area contributed by atoms with E-state index in [9.17, 15) is 4.79 Å². The molecule has 4 heteroatoms. The summed E-state index contributed by atoms with van der Waals surface area (Å²) in [6, 6.07) is 0. The van der Waals surface area contributed by atoms with Crippen molar-refractivity contribution in [2.45, 2.75) is 33.1 Å². The standard InChI is InChI=1S/C15H23N3O/c1-5-7-18(8-6-2)15(19)13-9-11(3)12(4)17-14(16)10-13/h9H,3-8,10H2,1-2H3,(H2,16,17). The molecule has 1 aliphatic heterocycles. The number of amides is 1. The van der Waals surface area contributed by atoms with E-state index in [4.69, 9.17) is 5.73 Å². The van der Waals surface area contributed by atoms with Gasteiger partial charge in [0.25, 0.3) is 0 Å². The lowest BCUT2D eigenvalue weighted by Crippen LogP contribution is -2.34. The minimum absolute atomic E-state index is 0.0256. The number of aliphatic imine (C=N–C) groups is 1. The van der Waals surface area contributed by atoms with Crippen molar-refractivity contribution in [1.29, 1.82) is 0 Å². The van der Waals surface area contributed by atoms with Crippen LogP contribution in [-0.4, -0.2) is 29.7 Å². The molecule has 0 atom stereocenters. The summed E-state index contributed by atoms with van der Waals surface area (Å²) < 4.78 is 0. The summed E-state index contributed by atoms with van der Waals surface area (Å²) in [5, 5.41) is 0. The van der Waals surface area contributed by atoms with E-state index in [1.54, 1.807) is 6.08 Å². The van der Waals surface area contributed by atoms with Gasteiger partial charge in [-0.2, -0.15) is 0 Å². The van der Waals surface area contributed by atoms with Crippen molar-refractivity contribution >= 4 is 11.7 Å². The number of nitrogens with zero attached hydrogens (tertiary/aromatic N) is 2. The van der Waals surface area contributed by atoms with Crippen LogP contribution < -0.4 is 5.73 Å². The fourth-order valence-corrected chi connectivity index (χ4v) is 2.02. The molecule has 104 valence electrons. The molecule has 1 amide bonds. The lowest BCUT2D eigenvalue weighted by Gasteiger charge is -2.22. The summed E-state index contributed by atoms with van der Waals surface area (Å²) in [4.78, 5) is 18.5. The molecule has 0 aromatic heterocycles. The zero-order valence-corrected chi connectivity index (χ0v) is 11.9. The lowest BCUT2D eigenvalue weighted by atomic mass is 10.1. The van der Waals surface area contributed by atoms with Crippen molar-refractivity contribution in [1.82, 2.24) is 4.90 Å². The number of nitrogens with two attached hydrogens (primary N) is 1. The number of amidine groups is 1. The predicted octanol–water partition coefficient (Wildman–Crippen LogP) is 2.39. The molecular weight excluding hydrogens is 238 g/mol. The Kier molecular flexibility index (Phi) is 5.55. The average molecular weight is 261 g/mol. The SMILES string of the molecule is C=C1C=C(C(=O)N(CCC)CCC)CC(N)=NC1=C. The summed E-state index contributed by atoms with van der Waals surface area (Å²) in [6.07, 6.45) is 4.00. The molecule has 1 aliphatic rings. The zero-order chi connectivity index (χ0) is 14.4. The van der Waals surface area contributed by atoms with Crippen molar-refractivity contribution in [3.05, 3.63) is 36.1 Å². The molecule has 0 bridgehead atoms. The van der Waals surface area contributed by atoms with E-state index in [0.717, 1.165) is 25.9 Å². The van der Waals surface area contributed by atoms with E-state index in [2.05, 4.69) is 32.0 Å². The number of allylic oxidation sites excluding steroid dienone is 1. The van der Waals surface area contributed by atoms with Crippen LogP contribution in [0.1, 0.15) is 33.1 Å². The maximum atomic E-state index is 12.5. The van der Waals surface area contributed by atoms with Gasteiger partial charge in [-0.15, -0.1) is 0 Å². The Morgan fingerprint density at radius 3 is 2.47 bits per heavy atom. The summed E-state index contributed by atoms with van der Waals surface area (Å²) >= 11 is 0. The summed E-state index contributed by atoms with van der Waals surface area (Å²) in [6.45, 7) is 13.3. The third kappa shape index (κ3) is 4.09. The van der Waals surface area contributed by atoms with Crippen molar-refractivity contribution in [3.63, 3.8) is 0 Å². The second-order valence-electron chi connectivity index (χ2n) is 4.71. The van der Waals surface area contributed by atoms with Crippen LogP contribution >= 0.6 is 0 Å². The van der Waals surface area contributed by atoms with Gasteiger partial charge in [-0.1, -0.05) is 27.0 Å². The van der Waals surface area contributed by atoms with Crippen molar-refractivity contribution in [3.8, 4) is 0 Å². The van der Waals surface area contributed by atoms with Gasteiger partial charge in [-0.25, -0.2) is 4.99 Å². The Morgan fingerprint density at radius 1 is 1.37 bits per heavy atom. The van der Waals surface area contributed by atoms with Crippen LogP contribution in [0.25, 0.3) is 0 Å². The number of hydrogen-bond donors (Lipinski definition) is 1. The predicted molar refractivity (Wildman–Crippen MR) is 79.8 cm³/mol. The molecule has 1 heterocycles. The van der Waals surface area contributed by atoms with Crippen LogP contribution in [0, 0.1) is 0 Å². The highest BCUT2D eigenvalue weighted by Gasteiger charge is 2.20. The van der Waals surface area contributed by atoms with Crippen molar-refractivity contribution < 1.29 is 4.79 Å². The van der Waals surface area contributed by atoms with Gasteiger partial charge in [0.1, 0.15) is 5.84 Å². The summed E-state index contributed by atoms with van der Waals surface area (Å²) in [5.74, 6) is 0.439. The minimum Gasteiger partial charge on any atom is -0.387 e. The summed E-state index contributed by atoms with van der Waals surface area (Å²) in [7, 11) is 0. The van der Waals surface area contributed by atoms with Gasteiger partial charge in [0.15, 0.2) is 0 Å². The third-order valence-electron chi connectivity index (χ3n) is 2.92. The quantitative estimate of drug-likeness (QED) is 0.826. The van der Waals surface area contributed by atoms with Gasteiger partial charge in [0, 0.05) is 25.1 Å². The highest BCUT2D eigenvalue weighted by atomic mass is 16.2. The maximum absolute atomic E-state index is 12.5. The van der Waals surface area contributed by atoms with E-state index in [-0.39, 0.29) is 5.91 Å². The normalized spacial score (nSPS) is 15.7. The molecular formula is C15H23N3O. The van der Waals surface area contributed by atoms with E-state index in [1.165, 1.54) is 0 Å². The Bertz CT molecular complexity index is 440. The molecule has 1 rings (SSSR count). The molecule has 0 saturated carbocycles. The van der Waals surface area contributed by atoms with E-state index in [0.29, 0.717) is 29.1 Å². The molecule has 0 aliphatic carbocycles. The van der Waals surface area contributed by atoms with Gasteiger partial charge >= 0.3 is 0 Å². The first-order chi connectivity index (χ1) is 8.99. The molecule has 19 heavy (non-hydrogen) atoms. The topological polar surface area (TPSA) is 58.7 Å². The first-order valence-corrected chi connectivity index (χ1v) is 6.70. The molecule has 0 saturated heterocycles. The second kappa shape index (κ2) is 6.92. The smallest absolute Gasteiger partial charge is 0.250 e. The van der Waals surface area contributed by atoms with Gasteiger partial charge in [0.05, 0.1) is 5.70 Å². The Balaban J connectivity index is 2.96. The average Bonchev–Trinajstić information content (AvgIpc) is 2.48. The van der Waals surface area contributed by atoms with Gasteiger partial charge in [-0.05, 0) is 24.5 Å². The van der Waals surface area contributed by atoms with Crippen LogP contribution in [0.5, 0.6) is 0 Å². The fraction of sp³-hybridized carbons (Fsp3) is 0.467. The Hall–Kier alpha value is -1.84. The molecule has 0 aromatic carbocycles. The Labute approximate surface area is 115 Å². The highest BCUT2D eigenvalue weighted by Crippen LogP contribution is 2.19. The number of carbonyl (C=O) groups is 1. The molecule has 0 unspecified atom stereocenters. The van der Waals surface area contributed by atoms with Gasteiger partial charge in [0.2, 0.25) is 5.91 Å². The van der Waals surface area contributed by atoms with E-state index in [1.807, 2.05) is 4.90 Å². The number of carbonyl (C=O) groups excluding carboxylic acids is 1. The first-order valence-electron chi connectivity index (χ1n) is 6.70. The number of hydrogen-bond acceptors (Lipinski definition) is 3. The second-order valence-corrected chi connectivity index (χ2v) is 4.71. The Morgan fingerprint density at radius 2 is 1.95 bits per heavy atom. The third-order valence-corrected chi connectivity index (χ3v) is 2.92. The van der Waals surface area contributed by atoms with Crippen LogP contribution in [0.15, 0.2) is 41.1 Å². The zero-order valence-electron chi connectivity index (χ0n) is 11.9. The van der Waals surface area contributed by atoms with Gasteiger partial charge in [-0.3, -0.25) is 4.79 Å². The van der Waals surface area contributed by atoms with Crippen LogP contribution in [0.3, 0.4) is 0 Å².